The summed E-state index contributed by atoms with van der Waals surface area (Å²) in [6, 6.07) is 50.3. The number of benzene rings is 8. The summed E-state index contributed by atoms with van der Waals surface area (Å²) >= 11 is 0. The molecule has 22 nitrogen and oxygen atoms in total. The lowest BCUT2D eigenvalue weighted by molar-refractivity contribution is 0.393. The van der Waals surface area contributed by atoms with Crippen LogP contribution in [0, 0.1) is 68.2 Å². The minimum absolute atomic E-state index is 0.223. The first-order chi connectivity index (χ1) is 56.1. The number of hydrogen-bond donors (Lipinski definition) is 7. The summed E-state index contributed by atoms with van der Waals surface area (Å²) in [6.45, 7) is 27.6. The third-order valence-corrected chi connectivity index (χ3v) is 24.2. The maximum atomic E-state index is 12.6. The average molecular weight is 1560 g/mol. The average Bonchev–Trinajstić information content (AvgIpc) is 1.58. The standard InChI is InChI=1S/C27H24N4O3S.C23H19N3O.C22H25N5O.C21H20N4O/c1-16-25(17(2)34-30-16)19-14-23(22-11-7-6-10-21(22)18-8-4-3-5-9-18)26-24(15-19)28-27(29-26)31-35(32,33)20-12-13-20;1-13-22(14(2)27-26-13)17-11-20(23-21(12-17)24-15(3)25-23)19-10-6-8-16-7-4-5-9-18(16)19;1-11-9-23-12(2)19(11)17-7-16(20-13(3)27-28-14(20)4)8-18-21(17)26-22(25-18)24-10-15-5-6-15;1-11-8-15(6-7-22-11)17-9-16(19-12(2)25-26-13(19)3)10-18-20(17)24-21(23-18)14-4-5-14/h3-11,14-15,20H,12-13H2,1-2H3,(H2,28,29,31);4-12H,1-3H3,(H,24,25);7-8,15H,5-6,9-10H2,1-4H3,(H2,24,25,26);6-10,14,22H,1,4-5H2,2-3H3,(H,23,24). The number of anilines is 2. The third kappa shape index (κ3) is 14.5. The van der Waals surface area contributed by atoms with E-state index in [9.17, 15) is 8.42 Å². The lowest BCUT2D eigenvalue weighted by Gasteiger charge is -2.13. The van der Waals surface area contributed by atoms with Gasteiger partial charge in [0.25, 0.3) is 0 Å². The highest BCUT2D eigenvalue weighted by Gasteiger charge is 2.37. The number of dihydropyridines is 1. The van der Waals surface area contributed by atoms with Crippen molar-refractivity contribution in [1.29, 1.82) is 0 Å². The van der Waals surface area contributed by atoms with Crippen molar-refractivity contribution in [3.8, 4) is 77.9 Å². The molecule has 8 aromatic carbocycles. The molecule has 0 radical (unpaired) electrons. The molecule has 0 atom stereocenters. The van der Waals surface area contributed by atoms with E-state index < -0.39 is 10.0 Å². The van der Waals surface area contributed by atoms with Crippen molar-refractivity contribution in [2.75, 3.05) is 23.1 Å². The number of H-pyrrole nitrogens is 4. The number of rotatable bonds is 16. The molecule has 0 amide bonds. The molecule has 3 saturated carbocycles. The van der Waals surface area contributed by atoms with Crippen molar-refractivity contribution >= 4 is 93.7 Å². The molecule has 3 fully saturated rings. The van der Waals surface area contributed by atoms with Crippen molar-refractivity contribution in [3.63, 3.8) is 0 Å². The van der Waals surface area contributed by atoms with Gasteiger partial charge in [-0.15, -0.1) is 0 Å². The molecular weight excluding hydrogens is 1470 g/mol. The van der Waals surface area contributed by atoms with E-state index in [4.69, 9.17) is 38.0 Å². The zero-order chi connectivity index (χ0) is 79.9. The van der Waals surface area contributed by atoms with Crippen LogP contribution >= 0.6 is 0 Å². The molecule has 7 N–H and O–H groups in total. The van der Waals surface area contributed by atoms with Gasteiger partial charge in [0.2, 0.25) is 21.9 Å². The van der Waals surface area contributed by atoms with Gasteiger partial charge in [0.1, 0.15) is 34.7 Å². The number of aromatic amines is 4. The summed E-state index contributed by atoms with van der Waals surface area (Å²) in [5, 5.41) is 25.2. The Labute approximate surface area is 670 Å². The van der Waals surface area contributed by atoms with Gasteiger partial charge < -0.3 is 48.7 Å². The molecule has 0 bridgehead atoms. The van der Waals surface area contributed by atoms with Crippen LogP contribution in [-0.4, -0.2) is 93.0 Å². The molecule has 10 heterocycles. The monoisotopic (exact) mass is 1560 g/mol. The summed E-state index contributed by atoms with van der Waals surface area (Å²) < 4.78 is 49.5. The summed E-state index contributed by atoms with van der Waals surface area (Å²) in [5.74, 6) is 7.63. The van der Waals surface area contributed by atoms with Crippen LogP contribution in [0.3, 0.4) is 0 Å². The van der Waals surface area contributed by atoms with Gasteiger partial charge in [-0.1, -0.05) is 124 Å². The predicted molar refractivity (Wildman–Crippen MR) is 462 cm³/mol. The highest BCUT2D eigenvalue weighted by atomic mass is 32.2. The van der Waals surface area contributed by atoms with E-state index in [1.165, 1.54) is 53.2 Å². The Balaban J connectivity index is 0.000000108. The van der Waals surface area contributed by atoms with E-state index in [2.05, 4.69) is 203 Å². The SMILES string of the molecule is C=C1C=C(c2cc(-c3c(C)noc3C)cc3[nH]c(C4CC4)nc23)C=CN1.CC1=NCC(C)=C1c1cc(-c2c(C)noc2C)cc2[nH]c(NCC3CC3)nc12.Cc1nc2c(-c3cccc4ccccc34)cc(-c3c(C)noc3C)cc2[nH]1.Cc1noc(C)c1-c1cc(-c2ccccc2-c2ccccc2)c2nc(NS(=O)(=O)C3CC3)[nH]c2c1. The van der Waals surface area contributed by atoms with Crippen LogP contribution < -0.4 is 15.4 Å². The maximum Gasteiger partial charge on any atom is 0.237 e. The Bertz CT molecular complexity index is 6770. The van der Waals surface area contributed by atoms with Gasteiger partial charge in [-0.05, 0) is 248 Å². The molecule has 8 aromatic heterocycles. The van der Waals surface area contributed by atoms with Crippen LogP contribution in [0.5, 0.6) is 0 Å². The number of allylic oxidation sites excluding steroid dienone is 4. The maximum absolute atomic E-state index is 12.6. The summed E-state index contributed by atoms with van der Waals surface area (Å²) in [7, 11) is -3.45. The van der Waals surface area contributed by atoms with Crippen LogP contribution in [-0.2, 0) is 10.0 Å². The molecular formula is C93H88N16O6S. The number of aromatic nitrogens is 12. The molecule has 16 aromatic rings. The van der Waals surface area contributed by atoms with Crippen LogP contribution in [0.1, 0.15) is 127 Å². The predicted octanol–water partition coefficient (Wildman–Crippen LogP) is 21.7. The van der Waals surface area contributed by atoms with Crippen molar-refractivity contribution in [1.82, 2.24) is 65.8 Å². The normalized spacial score (nSPS) is 14.7. The van der Waals surface area contributed by atoms with E-state index in [-0.39, 0.29) is 11.2 Å². The van der Waals surface area contributed by atoms with Crippen LogP contribution in [0.25, 0.3) is 144 Å². The molecule has 3 aliphatic carbocycles. The number of fused-ring (bicyclic) bond motifs is 5. The van der Waals surface area contributed by atoms with Crippen molar-refractivity contribution < 1.29 is 26.5 Å². The van der Waals surface area contributed by atoms with E-state index in [1.807, 2.05) is 105 Å². The third-order valence-electron chi connectivity index (χ3n) is 22.4. The Hall–Kier alpha value is -13.3. The molecule has 0 saturated heterocycles. The number of sulfonamides is 1. The molecule has 582 valence electrons. The van der Waals surface area contributed by atoms with E-state index in [1.54, 1.807) is 0 Å². The van der Waals surface area contributed by atoms with Gasteiger partial charge in [-0.25, -0.2) is 28.4 Å². The molecule has 0 unspecified atom stereocenters. The largest absolute Gasteiger partial charge is 0.362 e. The van der Waals surface area contributed by atoms with Gasteiger partial charge >= 0.3 is 0 Å². The fraction of sp³-hybridized carbons (Fsp3) is 0.237. The van der Waals surface area contributed by atoms with Gasteiger partial charge in [-0.2, -0.15) is 0 Å². The molecule has 21 rings (SSSR count). The number of aliphatic imine (C=N–C) groups is 1. The molecule has 0 spiro atoms. The van der Waals surface area contributed by atoms with Crippen LogP contribution in [0.4, 0.5) is 11.9 Å². The summed E-state index contributed by atoms with van der Waals surface area (Å²) in [4.78, 5) is 37.5. The summed E-state index contributed by atoms with van der Waals surface area (Å²) in [6.07, 6.45) is 12.5. The minimum Gasteiger partial charge on any atom is -0.362 e. The van der Waals surface area contributed by atoms with Crippen molar-refractivity contribution in [2.24, 2.45) is 10.9 Å². The number of nitrogens with one attached hydrogen (secondary N) is 7. The van der Waals surface area contributed by atoms with Gasteiger partial charge in [-0.3, -0.25) is 9.71 Å². The van der Waals surface area contributed by atoms with Crippen LogP contribution in [0.15, 0.2) is 205 Å². The van der Waals surface area contributed by atoms with E-state index in [0.29, 0.717) is 24.3 Å². The smallest absolute Gasteiger partial charge is 0.237 e. The first kappa shape index (κ1) is 74.2. The van der Waals surface area contributed by atoms with Crippen molar-refractivity contribution in [2.45, 2.75) is 126 Å². The fourth-order valence-electron chi connectivity index (χ4n) is 16.3. The first-order valence-electron chi connectivity index (χ1n) is 39.4. The van der Waals surface area contributed by atoms with Crippen LogP contribution in [0.2, 0.25) is 0 Å². The minimum atomic E-state index is -3.45. The molecule has 2 aliphatic heterocycles. The number of nitrogens with zero attached hydrogens (tertiary/aromatic N) is 9. The molecule has 5 aliphatic rings. The Kier molecular flexibility index (Phi) is 19.1. The van der Waals surface area contributed by atoms with E-state index >= 15 is 0 Å². The molecule has 116 heavy (non-hydrogen) atoms. The second-order valence-corrected chi connectivity index (χ2v) is 33.1. The fourth-order valence-corrected chi connectivity index (χ4v) is 17.6. The Morgan fingerprint density at radius 1 is 0.466 bits per heavy atom. The molecule has 23 heteroatoms. The number of imidazole rings is 4. The van der Waals surface area contributed by atoms with Crippen molar-refractivity contribution in [3.05, 3.63) is 250 Å². The van der Waals surface area contributed by atoms with Gasteiger partial charge in [0, 0.05) is 80.2 Å². The second kappa shape index (κ2) is 29.9. The quantitative estimate of drug-likeness (QED) is 0.0473. The summed E-state index contributed by atoms with van der Waals surface area (Å²) in [5.41, 5.74) is 33.3. The zero-order valence-corrected chi connectivity index (χ0v) is 67.4. The second-order valence-electron chi connectivity index (χ2n) is 31.1. The Morgan fingerprint density at radius 3 is 1.52 bits per heavy atom. The number of aryl methyl sites for hydroxylation is 9. The van der Waals surface area contributed by atoms with Gasteiger partial charge in [0.15, 0.2) is 0 Å². The topological polar surface area (TPSA) is 301 Å². The van der Waals surface area contributed by atoms with Gasteiger partial charge in [0.05, 0.1) is 78.7 Å². The lowest BCUT2D eigenvalue weighted by atomic mass is 9.91. The van der Waals surface area contributed by atoms with E-state index in [0.717, 1.165) is 221 Å². The Morgan fingerprint density at radius 2 is 0.957 bits per heavy atom. The zero-order valence-electron chi connectivity index (χ0n) is 66.6. The lowest BCUT2D eigenvalue weighted by Crippen LogP contribution is -2.18. The highest BCUT2D eigenvalue weighted by Crippen LogP contribution is 2.46. The number of hydrogen-bond acceptors (Lipinski definition) is 17. The highest BCUT2D eigenvalue weighted by molar-refractivity contribution is 7.93. The first-order valence-corrected chi connectivity index (χ1v) is 41.0.